The zero-order valence-corrected chi connectivity index (χ0v) is 12.1. The van der Waals surface area contributed by atoms with Crippen molar-refractivity contribution in [2.24, 2.45) is 0 Å². The molecular formula is C17H18F3NO. The normalized spacial score (nSPS) is 25.7. The van der Waals surface area contributed by atoms with E-state index in [2.05, 4.69) is 11.5 Å². The Hall–Kier alpha value is -1.59. The molecule has 0 aliphatic carbocycles. The summed E-state index contributed by atoms with van der Waals surface area (Å²) in [6.45, 7) is 4.85. The van der Waals surface area contributed by atoms with E-state index < -0.39 is 11.7 Å². The van der Waals surface area contributed by atoms with E-state index in [9.17, 15) is 13.2 Å². The molecule has 1 aromatic carbocycles. The van der Waals surface area contributed by atoms with Gasteiger partial charge in [0.15, 0.2) is 0 Å². The van der Waals surface area contributed by atoms with Gasteiger partial charge in [-0.1, -0.05) is 43.0 Å². The first kappa shape index (κ1) is 15.3. The highest BCUT2D eigenvalue weighted by atomic mass is 19.4. The fourth-order valence-electron chi connectivity index (χ4n) is 3.11. The first-order valence-electron chi connectivity index (χ1n) is 7.30. The Balaban J connectivity index is 1.81. The van der Waals surface area contributed by atoms with Crippen LogP contribution in [0.5, 0.6) is 0 Å². The van der Waals surface area contributed by atoms with Crippen molar-refractivity contribution in [1.82, 2.24) is 4.90 Å². The van der Waals surface area contributed by atoms with Crippen molar-refractivity contribution in [2.45, 2.75) is 31.2 Å². The molecule has 22 heavy (non-hydrogen) atoms. The van der Waals surface area contributed by atoms with Crippen LogP contribution < -0.4 is 0 Å². The lowest BCUT2D eigenvalue weighted by Gasteiger charge is -2.45. The molecule has 2 nitrogen and oxygen atoms in total. The predicted octanol–water partition coefficient (Wildman–Crippen LogP) is 3.70. The van der Waals surface area contributed by atoms with Crippen LogP contribution in [0, 0.1) is 0 Å². The van der Waals surface area contributed by atoms with Crippen LogP contribution in [0.2, 0.25) is 0 Å². The summed E-state index contributed by atoms with van der Waals surface area (Å²) in [7, 11) is 0. The van der Waals surface area contributed by atoms with E-state index in [-0.39, 0.29) is 12.1 Å². The van der Waals surface area contributed by atoms with Crippen LogP contribution in [0.4, 0.5) is 13.2 Å². The molecule has 0 amide bonds. The summed E-state index contributed by atoms with van der Waals surface area (Å²) >= 11 is 0. The Bertz CT molecular complexity index is 579. The number of nitrogens with zero attached hydrogens (tertiary/aromatic N) is 1. The van der Waals surface area contributed by atoms with Crippen molar-refractivity contribution < 1.29 is 17.9 Å². The van der Waals surface area contributed by atoms with Crippen LogP contribution in [0.15, 0.2) is 54.1 Å². The first-order valence-corrected chi connectivity index (χ1v) is 7.30. The second kappa shape index (κ2) is 5.89. The van der Waals surface area contributed by atoms with Gasteiger partial charge in [0.2, 0.25) is 0 Å². The van der Waals surface area contributed by atoms with Crippen molar-refractivity contribution in [1.29, 1.82) is 0 Å². The van der Waals surface area contributed by atoms with Gasteiger partial charge in [-0.25, -0.2) is 0 Å². The van der Waals surface area contributed by atoms with Crippen molar-refractivity contribution in [3.8, 4) is 0 Å². The van der Waals surface area contributed by atoms with Gasteiger partial charge in [-0.15, -0.1) is 0 Å². The molecule has 0 N–H and O–H groups in total. The van der Waals surface area contributed by atoms with Crippen molar-refractivity contribution in [2.75, 3.05) is 13.2 Å². The fraction of sp³-hybridized carbons (Fsp3) is 0.412. The first-order chi connectivity index (χ1) is 10.4. The van der Waals surface area contributed by atoms with Gasteiger partial charge in [-0.3, -0.25) is 4.90 Å². The number of ether oxygens (including phenoxy) is 1. The molecule has 2 atom stereocenters. The van der Waals surface area contributed by atoms with Gasteiger partial charge in [-0.05, 0) is 17.6 Å². The third-order valence-corrected chi connectivity index (χ3v) is 4.28. The average Bonchev–Trinajstić information content (AvgIpc) is 2.46. The number of benzene rings is 1. The minimum absolute atomic E-state index is 0.0296. The fourth-order valence-corrected chi connectivity index (χ4v) is 3.11. The van der Waals surface area contributed by atoms with Gasteiger partial charge in [0, 0.05) is 12.6 Å². The van der Waals surface area contributed by atoms with Gasteiger partial charge >= 0.3 is 6.18 Å². The van der Waals surface area contributed by atoms with Crippen LogP contribution in [0.3, 0.4) is 0 Å². The molecule has 2 unspecified atom stereocenters. The zero-order valence-electron chi connectivity index (χ0n) is 12.1. The number of rotatable bonds is 3. The van der Waals surface area contributed by atoms with E-state index in [1.807, 2.05) is 30.3 Å². The number of alkyl halides is 3. The summed E-state index contributed by atoms with van der Waals surface area (Å²) in [6, 6.07) is 9.81. The molecule has 1 fully saturated rings. The van der Waals surface area contributed by atoms with E-state index in [1.54, 1.807) is 6.08 Å². The van der Waals surface area contributed by atoms with E-state index in [4.69, 9.17) is 4.74 Å². The average molecular weight is 309 g/mol. The third kappa shape index (κ3) is 3.10. The molecule has 5 heteroatoms. The standard InChI is InChI=1S/C17H18F3NO/c1-12(17(18,19)20)14-7-15-10-22-11-16(8-14)21(15)9-13-5-3-2-4-6-13/h2-7,15-16H,1,8-11H2. The molecular weight excluding hydrogens is 291 g/mol. The van der Waals surface area contributed by atoms with Gasteiger partial charge in [0.25, 0.3) is 0 Å². The molecule has 0 spiro atoms. The smallest absolute Gasteiger partial charge is 0.378 e. The molecule has 0 saturated carbocycles. The minimum Gasteiger partial charge on any atom is -0.378 e. The highest BCUT2D eigenvalue weighted by Gasteiger charge is 2.40. The Kier molecular flexibility index (Phi) is 4.10. The molecule has 1 saturated heterocycles. The maximum atomic E-state index is 12.9. The zero-order chi connectivity index (χ0) is 15.7. The number of fused-ring (bicyclic) bond motifs is 2. The molecule has 3 rings (SSSR count). The number of hydrogen-bond acceptors (Lipinski definition) is 2. The maximum Gasteiger partial charge on any atom is 0.416 e. The minimum atomic E-state index is -4.36. The Morgan fingerprint density at radius 2 is 1.95 bits per heavy atom. The van der Waals surface area contributed by atoms with Crippen molar-refractivity contribution in [3.63, 3.8) is 0 Å². The van der Waals surface area contributed by atoms with E-state index in [0.29, 0.717) is 25.2 Å². The summed E-state index contributed by atoms with van der Waals surface area (Å²) in [4.78, 5) is 2.23. The van der Waals surface area contributed by atoms with Crippen LogP contribution >= 0.6 is 0 Å². The topological polar surface area (TPSA) is 12.5 Å². The van der Waals surface area contributed by atoms with Gasteiger partial charge in [0.05, 0.1) is 24.8 Å². The largest absolute Gasteiger partial charge is 0.416 e. The van der Waals surface area contributed by atoms with Gasteiger partial charge in [0.1, 0.15) is 0 Å². The molecule has 0 aromatic heterocycles. The summed E-state index contributed by atoms with van der Waals surface area (Å²) < 4.78 is 44.1. The molecule has 0 radical (unpaired) electrons. The predicted molar refractivity (Wildman–Crippen MR) is 78.3 cm³/mol. The molecule has 2 heterocycles. The number of halogens is 3. The van der Waals surface area contributed by atoms with Gasteiger partial charge < -0.3 is 4.74 Å². The molecule has 2 bridgehead atoms. The monoisotopic (exact) mass is 309 g/mol. The lowest BCUT2D eigenvalue weighted by Crippen LogP contribution is -2.53. The summed E-state index contributed by atoms with van der Waals surface area (Å²) in [5, 5.41) is 0. The van der Waals surface area contributed by atoms with E-state index >= 15 is 0 Å². The highest BCUT2D eigenvalue weighted by Crippen LogP contribution is 2.37. The SMILES string of the molecule is C=C(C1=CC2COCC(C1)N2Cc1ccccc1)C(F)(F)F. The summed E-state index contributed by atoms with van der Waals surface area (Å²) in [5.41, 5.74) is 0.754. The number of allylic oxidation sites excluding steroid dienone is 1. The van der Waals surface area contributed by atoms with Crippen LogP contribution in [-0.2, 0) is 11.3 Å². The molecule has 1 aromatic rings. The lowest BCUT2D eigenvalue weighted by atomic mass is 9.89. The summed E-state index contributed by atoms with van der Waals surface area (Å²) in [5.74, 6) is 0. The Morgan fingerprint density at radius 3 is 2.59 bits per heavy atom. The Labute approximate surface area is 127 Å². The maximum absolute atomic E-state index is 12.9. The van der Waals surface area contributed by atoms with Crippen molar-refractivity contribution in [3.05, 3.63) is 59.7 Å². The second-order valence-electron chi connectivity index (χ2n) is 5.79. The third-order valence-electron chi connectivity index (χ3n) is 4.28. The van der Waals surface area contributed by atoms with Gasteiger partial charge in [-0.2, -0.15) is 13.2 Å². The molecule has 118 valence electrons. The van der Waals surface area contributed by atoms with Crippen molar-refractivity contribution >= 4 is 0 Å². The Morgan fingerprint density at radius 1 is 1.23 bits per heavy atom. The highest BCUT2D eigenvalue weighted by molar-refractivity contribution is 5.36. The van der Waals surface area contributed by atoms with E-state index in [1.165, 1.54) is 0 Å². The quantitative estimate of drug-likeness (QED) is 0.844. The van der Waals surface area contributed by atoms with Crippen LogP contribution in [-0.4, -0.2) is 36.4 Å². The molecule has 2 aliphatic rings. The second-order valence-corrected chi connectivity index (χ2v) is 5.79. The van der Waals surface area contributed by atoms with E-state index in [0.717, 1.165) is 12.1 Å². The van der Waals surface area contributed by atoms with Crippen LogP contribution in [0.1, 0.15) is 12.0 Å². The number of hydrogen-bond donors (Lipinski definition) is 0. The lowest BCUT2D eigenvalue weighted by molar-refractivity contribution is -0.0915. The van der Waals surface area contributed by atoms with Crippen LogP contribution in [0.25, 0.3) is 0 Å². The summed E-state index contributed by atoms with van der Waals surface area (Å²) in [6.07, 6.45) is -2.35. The number of morpholine rings is 1. The molecule has 2 aliphatic heterocycles.